The van der Waals surface area contributed by atoms with Crippen LogP contribution in [0.5, 0.6) is 0 Å². The molecule has 2 amide bonds. The first-order chi connectivity index (χ1) is 10.1. The molecule has 116 valence electrons. The molecule has 0 saturated heterocycles. The standard InChI is InChI=1S/C14H22N4O3/c1-10-8-16-12(18(10)11-4-3-5-11)6-7-15-14(20)17-9-13(19)21-2/h8,11H,3-7,9H2,1-2H3,(H2,15,17,20). The highest BCUT2D eigenvalue weighted by Gasteiger charge is 2.23. The Kier molecular flexibility index (Phi) is 5.19. The number of methoxy groups -OCH3 is 1. The first-order valence-corrected chi connectivity index (χ1v) is 7.23. The third-order valence-electron chi connectivity index (χ3n) is 3.75. The van der Waals surface area contributed by atoms with Gasteiger partial charge in [0.25, 0.3) is 0 Å². The molecule has 1 aliphatic carbocycles. The van der Waals surface area contributed by atoms with E-state index >= 15 is 0 Å². The normalized spacial score (nSPS) is 14.4. The average molecular weight is 294 g/mol. The minimum atomic E-state index is -0.471. The monoisotopic (exact) mass is 294 g/mol. The zero-order valence-corrected chi connectivity index (χ0v) is 12.5. The Labute approximate surface area is 124 Å². The molecule has 1 aromatic rings. The average Bonchev–Trinajstić information content (AvgIpc) is 2.76. The summed E-state index contributed by atoms with van der Waals surface area (Å²) in [5.74, 6) is 0.534. The summed E-state index contributed by atoms with van der Waals surface area (Å²) >= 11 is 0. The van der Waals surface area contributed by atoms with Crippen LogP contribution >= 0.6 is 0 Å². The molecule has 2 N–H and O–H groups in total. The van der Waals surface area contributed by atoms with Crippen LogP contribution in [-0.2, 0) is 16.0 Å². The molecular formula is C14H22N4O3. The second-order valence-electron chi connectivity index (χ2n) is 5.21. The molecular weight excluding hydrogens is 272 g/mol. The van der Waals surface area contributed by atoms with Gasteiger partial charge in [-0.25, -0.2) is 9.78 Å². The van der Waals surface area contributed by atoms with E-state index in [2.05, 4.69) is 31.8 Å². The SMILES string of the molecule is COC(=O)CNC(=O)NCCc1ncc(C)n1C1CCC1. The summed E-state index contributed by atoms with van der Waals surface area (Å²) in [6, 6.07) is 0.189. The van der Waals surface area contributed by atoms with Crippen molar-refractivity contribution in [1.29, 1.82) is 0 Å². The predicted molar refractivity (Wildman–Crippen MR) is 77.0 cm³/mol. The Morgan fingerprint density at radius 1 is 1.43 bits per heavy atom. The topological polar surface area (TPSA) is 85.2 Å². The largest absolute Gasteiger partial charge is 0.468 e. The number of rotatable bonds is 6. The van der Waals surface area contributed by atoms with Gasteiger partial charge in [-0.3, -0.25) is 4.79 Å². The number of hydrogen-bond acceptors (Lipinski definition) is 4. The molecule has 1 fully saturated rings. The number of aryl methyl sites for hydroxylation is 1. The van der Waals surface area contributed by atoms with Crippen LogP contribution in [0.15, 0.2) is 6.20 Å². The van der Waals surface area contributed by atoms with Crippen molar-refractivity contribution in [2.75, 3.05) is 20.2 Å². The van der Waals surface area contributed by atoms with Crippen LogP contribution in [0.2, 0.25) is 0 Å². The van der Waals surface area contributed by atoms with Gasteiger partial charge in [0.1, 0.15) is 12.4 Å². The Hall–Kier alpha value is -2.05. The summed E-state index contributed by atoms with van der Waals surface area (Å²) in [7, 11) is 1.28. The van der Waals surface area contributed by atoms with Gasteiger partial charge < -0.3 is 19.9 Å². The number of nitrogens with one attached hydrogen (secondary N) is 2. The summed E-state index contributed by atoms with van der Waals surface area (Å²) in [5, 5.41) is 5.14. The molecule has 0 unspecified atom stereocenters. The van der Waals surface area contributed by atoms with Gasteiger partial charge in [-0.05, 0) is 26.2 Å². The second-order valence-corrected chi connectivity index (χ2v) is 5.21. The van der Waals surface area contributed by atoms with Crippen LogP contribution in [0, 0.1) is 6.92 Å². The van der Waals surface area contributed by atoms with E-state index < -0.39 is 5.97 Å². The lowest BCUT2D eigenvalue weighted by atomic mass is 9.92. The highest BCUT2D eigenvalue weighted by Crippen LogP contribution is 2.33. The third-order valence-corrected chi connectivity index (χ3v) is 3.75. The molecule has 2 rings (SSSR count). The summed E-state index contributed by atoms with van der Waals surface area (Å²) < 4.78 is 6.72. The number of imidazole rings is 1. The van der Waals surface area contributed by atoms with Crippen molar-refractivity contribution in [2.24, 2.45) is 0 Å². The number of carbonyl (C=O) groups excluding carboxylic acids is 2. The Morgan fingerprint density at radius 3 is 2.81 bits per heavy atom. The van der Waals surface area contributed by atoms with Crippen LogP contribution in [0.1, 0.15) is 36.8 Å². The van der Waals surface area contributed by atoms with E-state index in [0.717, 1.165) is 5.82 Å². The summed E-state index contributed by atoms with van der Waals surface area (Å²) in [6.07, 6.45) is 6.24. The molecule has 7 heteroatoms. The van der Waals surface area contributed by atoms with E-state index in [1.54, 1.807) is 0 Å². The first kappa shape index (κ1) is 15.3. The number of aromatic nitrogens is 2. The van der Waals surface area contributed by atoms with E-state index in [0.29, 0.717) is 19.0 Å². The van der Waals surface area contributed by atoms with E-state index in [1.165, 1.54) is 32.1 Å². The van der Waals surface area contributed by atoms with Gasteiger partial charge in [0.15, 0.2) is 0 Å². The fourth-order valence-electron chi connectivity index (χ4n) is 2.40. The number of urea groups is 1. The fourth-order valence-corrected chi connectivity index (χ4v) is 2.40. The Morgan fingerprint density at radius 2 is 2.19 bits per heavy atom. The van der Waals surface area contributed by atoms with Gasteiger partial charge in [-0.1, -0.05) is 0 Å². The fraction of sp³-hybridized carbons (Fsp3) is 0.643. The van der Waals surface area contributed by atoms with Crippen LogP contribution in [-0.4, -0.2) is 41.8 Å². The summed E-state index contributed by atoms with van der Waals surface area (Å²) in [6.45, 7) is 2.42. The minimum Gasteiger partial charge on any atom is -0.468 e. The summed E-state index contributed by atoms with van der Waals surface area (Å²) in [4.78, 5) is 26.8. The number of carbonyl (C=O) groups is 2. The van der Waals surface area contributed by atoms with E-state index in [9.17, 15) is 9.59 Å². The molecule has 0 spiro atoms. The number of ether oxygens (including phenoxy) is 1. The van der Waals surface area contributed by atoms with E-state index in [-0.39, 0.29) is 12.6 Å². The zero-order valence-electron chi connectivity index (χ0n) is 12.5. The van der Waals surface area contributed by atoms with Crippen LogP contribution in [0.25, 0.3) is 0 Å². The third kappa shape index (κ3) is 3.96. The lowest BCUT2D eigenvalue weighted by Crippen LogP contribution is -2.39. The van der Waals surface area contributed by atoms with Gasteiger partial charge in [0, 0.05) is 30.9 Å². The maximum Gasteiger partial charge on any atom is 0.325 e. The number of esters is 1. The number of amides is 2. The summed E-state index contributed by atoms with van der Waals surface area (Å²) in [5.41, 5.74) is 1.17. The van der Waals surface area contributed by atoms with Gasteiger partial charge >= 0.3 is 12.0 Å². The highest BCUT2D eigenvalue weighted by atomic mass is 16.5. The second kappa shape index (κ2) is 7.10. The van der Waals surface area contributed by atoms with Crippen LogP contribution in [0.4, 0.5) is 4.79 Å². The van der Waals surface area contributed by atoms with Crippen LogP contribution in [0.3, 0.4) is 0 Å². The van der Waals surface area contributed by atoms with Gasteiger partial charge in [-0.2, -0.15) is 0 Å². The van der Waals surface area contributed by atoms with Crippen molar-refractivity contribution < 1.29 is 14.3 Å². The van der Waals surface area contributed by atoms with Crippen molar-refractivity contribution >= 4 is 12.0 Å². The van der Waals surface area contributed by atoms with Gasteiger partial charge in [-0.15, -0.1) is 0 Å². The molecule has 0 radical (unpaired) electrons. The molecule has 21 heavy (non-hydrogen) atoms. The zero-order chi connectivity index (χ0) is 15.2. The maximum absolute atomic E-state index is 11.5. The molecule has 0 aromatic carbocycles. The molecule has 7 nitrogen and oxygen atoms in total. The molecule has 0 aliphatic heterocycles. The lowest BCUT2D eigenvalue weighted by Gasteiger charge is -2.29. The minimum absolute atomic E-state index is 0.127. The maximum atomic E-state index is 11.5. The lowest BCUT2D eigenvalue weighted by molar-refractivity contribution is -0.139. The smallest absolute Gasteiger partial charge is 0.325 e. The first-order valence-electron chi connectivity index (χ1n) is 7.23. The van der Waals surface area contributed by atoms with E-state index in [4.69, 9.17) is 0 Å². The van der Waals surface area contributed by atoms with Gasteiger partial charge in [0.05, 0.1) is 7.11 Å². The number of hydrogen-bond donors (Lipinski definition) is 2. The molecule has 1 aromatic heterocycles. The number of nitrogens with zero attached hydrogens (tertiary/aromatic N) is 2. The van der Waals surface area contributed by atoms with Crippen molar-refractivity contribution in [2.45, 2.75) is 38.6 Å². The predicted octanol–water partition coefficient (Wildman–Crippen LogP) is 0.931. The molecule has 1 heterocycles. The molecule has 0 bridgehead atoms. The van der Waals surface area contributed by atoms with Crippen molar-refractivity contribution in [3.8, 4) is 0 Å². The Bertz CT molecular complexity index is 508. The van der Waals surface area contributed by atoms with E-state index in [1.807, 2.05) is 6.20 Å². The molecule has 1 saturated carbocycles. The molecule has 1 aliphatic rings. The van der Waals surface area contributed by atoms with Gasteiger partial charge in [0.2, 0.25) is 0 Å². The van der Waals surface area contributed by atoms with Crippen molar-refractivity contribution in [1.82, 2.24) is 20.2 Å². The Balaban J connectivity index is 1.76. The highest BCUT2D eigenvalue weighted by molar-refractivity contribution is 5.80. The molecule has 0 atom stereocenters. The van der Waals surface area contributed by atoms with Crippen molar-refractivity contribution in [3.05, 3.63) is 17.7 Å². The quantitative estimate of drug-likeness (QED) is 0.764. The van der Waals surface area contributed by atoms with Crippen LogP contribution < -0.4 is 10.6 Å². The van der Waals surface area contributed by atoms with Crippen molar-refractivity contribution in [3.63, 3.8) is 0 Å².